The number of benzene rings is 3. The topological polar surface area (TPSA) is 246 Å². The maximum Gasteiger partial charge on any atom is 0.273 e. The SMILES string of the molecule is Cc1ncsc1-c1ccc(CNC(=O)[C@@H]2C[C@@H](O)CN2C(=O)C(NC(=O)CCCCCCCCCCNC(=O)COc2ccc3c(c2)[C@H](NC(=O)c2cc(-c4ccc(C(=O)N(C)C)c(O)c4)on2)CC3)C(C)(C)C)cc1. The Morgan fingerprint density at radius 3 is 2.28 bits per heavy atom. The highest BCUT2D eigenvalue weighted by Crippen LogP contribution is 2.35. The van der Waals surface area contributed by atoms with Crippen molar-refractivity contribution < 1.29 is 48.2 Å². The van der Waals surface area contributed by atoms with Gasteiger partial charge in [-0.2, -0.15) is 0 Å². The largest absolute Gasteiger partial charge is 0.507 e. The molecule has 0 bridgehead atoms. The summed E-state index contributed by atoms with van der Waals surface area (Å²) in [5.41, 5.74) is 6.75. The normalized spacial score (nSPS) is 16.4. The molecule has 7 rings (SSSR count). The number of carbonyl (C=O) groups is 6. The summed E-state index contributed by atoms with van der Waals surface area (Å²) in [6.07, 6.45) is 8.43. The number of hydrogen-bond acceptors (Lipinski definition) is 13. The number of unbranched alkanes of at least 4 members (excludes halogenated alkanes) is 7. The molecule has 406 valence electrons. The number of fused-ring (bicyclic) bond motifs is 1. The van der Waals surface area contributed by atoms with E-state index in [1.54, 1.807) is 31.5 Å². The first-order valence-electron chi connectivity index (χ1n) is 26.3. The first kappa shape index (κ1) is 56.6. The van der Waals surface area contributed by atoms with Crippen LogP contribution < -0.4 is 26.0 Å². The van der Waals surface area contributed by atoms with Crippen molar-refractivity contribution in [3.63, 3.8) is 0 Å². The predicted molar refractivity (Wildman–Crippen MR) is 288 cm³/mol. The Morgan fingerprint density at radius 1 is 0.882 bits per heavy atom. The van der Waals surface area contributed by atoms with Crippen LogP contribution in [0.15, 0.2) is 76.8 Å². The van der Waals surface area contributed by atoms with Crippen LogP contribution in [0.4, 0.5) is 0 Å². The minimum atomic E-state index is -0.870. The Kier molecular flexibility index (Phi) is 19.4. The fourth-order valence-corrected chi connectivity index (χ4v) is 10.4. The van der Waals surface area contributed by atoms with Gasteiger partial charge in [0, 0.05) is 58.2 Å². The Morgan fingerprint density at radius 2 is 1.59 bits per heavy atom. The van der Waals surface area contributed by atoms with E-state index in [1.807, 2.05) is 75.7 Å². The third-order valence-corrected chi connectivity index (χ3v) is 14.9. The average Bonchev–Trinajstić information content (AvgIpc) is 4.23. The molecule has 3 aromatic carbocycles. The standard InChI is InChI=1S/C57H72N8O10S/c1-35-51(76-34-60-35)38-18-16-36(17-19-38)31-59-54(71)46-28-40(66)32-65(46)56(73)52(57(2,3)4)62-49(68)15-13-11-9-7-8-10-12-14-26-58-50(69)33-74-41-23-20-37-22-25-44(43(37)29-41)61-53(70)45-30-48(75-63-45)39-21-24-42(47(67)27-39)55(72)64(5)6/h16-21,23-24,27,29-30,34,40,44,46,52,66-67H,7-15,22,25-26,28,31-33H2,1-6H3,(H,58,69)(H,59,71)(H,61,70)(H,62,68)/t40-,44-,46+,52?/m1/s1. The Balaban J connectivity index is 0.739. The number of aliphatic hydroxyl groups excluding tert-OH is 1. The number of β-amino-alcohol motifs (C(OH)–C–C–N with tert-alkyl or cyclic N) is 1. The van der Waals surface area contributed by atoms with Gasteiger partial charge in [0.2, 0.25) is 17.7 Å². The fraction of sp³-hybridized carbons (Fsp3) is 0.474. The molecule has 2 aromatic heterocycles. The minimum Gasteiger partial charge on any atom is -0.507 e. The van der Waals surface area contributed by atoms with Crippen LogP contribution in [0.25, 0.3) is 21.8 Å². The number of aliphatic hydroxyl groups is 1. The molecule has 19 heteroatoms. The maximum absolute atomic E-state index is 14.0. The number of likely N-dealkylation sites (tertiary alicyclic amines) is 1. The summed E-state index contributed by atoms with van der Waals surface area (Å²) < 4.78 is 11.2. The molecule has 6 amide bonds. The van der Waals surface area contributed by atoms with Gasteiger partial charge in [-0.05, 0) is 84.5 Å². The van der Waals surface area contributed by atoms with Gasteiger partial charge in [0.1, 0.15) is 23.6 Å². The van der Waals surface area contributed by atoms with E-state index in [9.17, 15) is 39.0 Å². The molecule has 0 spiro atoms. The second-order valence-corrected chi connectivity index (χ2v) is 21.9. The molecule has 1 fully saturated rings. The third kappa shape index (κ3) is 15.0. The minimum absolute atomic E-state index is 0.0171. The lowest BCUT2D eigenvalue weighted by molar-refractivity contribution is -0.144. The fourth-order valence-electron chi connectivity index (χ4n) is 9.59. The van der Waals surface area contributed by atoms with E-state index in [1.165, 1.54) is 28.0 Å². The number of nitrogens with zero attached hydrogens (tertiary/aromatic N) is 4. The highest BCUT2D eigenvalue weighted by molar-refractivity contribution is 7.13. The van der Waals surface area contributed by atoms with Gasteiger partial charge in [-0.3, -0.25) is 28.8 Å². The number of rotatable bonds is 24. The summed E-state index contributed by atoms with van der Waals surface area (Å²) in [5.74, 6) is -1.37. The van der Waals surface area contributed by atoms with Crippen LogP contribution in [0.1, 0.15) is 141 Å². The van der Waals surface area contributed by atoms with Crippen molar-refractivity contribution in [3.05, 3.63) is 106 Å². The van der Waals surface area contributed by atoms with Crippen LogP contribution >= 0.6 is 11.3 Å². The molecule has 1 unspecified atom stereocenters. The van der Waals surface area contributed by atoms with E-state index in [0.29, 0.717) is 30.7 Å². The Bertz CT molecular complexity index is 2840. The van der Waals surface area contributed by atoms with Gasteiger partial charge < -0.3 is 50.5 Å². The predicted octanol–water partition coefficient (Wildman–Crippen LogP) is 7.41. The van der Waals surface area contributed by atoms with Crippen LogP contribution in [0.5, 0.6) is 11.5 Å². The molecule has 2 aliphatic rings. The van der Waals surface area contributed by atoms with Gasteiger partial charge in [0.25, 0.3) is 17.7 Å². The van der Waals surface area contributed by atoms with Gasteiger partial charge >= 0.3 is 0 Å². The van der Waals surface area contributed by atoms with Crippen molar-refractivity contribution in [3.8, 4) is 33.3 Å². The summed E-state index contributed by atoms with van der Waals surface area (Å²) in [7, 11) is 3.18. The van der Waals surface area contributed by atoms with Crippen molar-refractivity contribution in [1.29, 1.82) is 0 Å². The highest BCUT2D eigenvalue weighted by atomic mass is 32.1. The van der Waals surface area contributed by atoms with Crippen LogP contribution in [-0.4, -0.2) is 118 Å². The quantitative estimate of drug-likeness (QED) is 0.0331. The first-order valence-corrected chi connectivity index (χ1v) is 27.1. The molecule has 4 atom stereocenters. The van der Waals surface area contributed by atoms with E-state index >= 15 is 0 Å². The number of hydrogen-bond donors (Lipinski definition) is 6. The first-order chi connectivity index (χ1) is 36.4. The van der Waals surface area contributed by atoms with Crippen LogP contribution in [0, 0.1) is 12.3 Å². The molecule has 0 saturated carbocycles. The number of amides is 6. The third-order valence-electron chi connectivity index (χ3n) is 13.9. The molecular formula is C57H72N8O10S. The molecule has 3 heterocycles. The molecule has 1 saturated heterocycles. The van der Waals surface area contributed by atoms with Gasteiger partial charge in [-0.25, -0.2) is 4.98 Å². The summed E-state index contributed by atoms with van der Waals surface area (Å²) in [5, 5.41) is 36.8. The second-order valence-electron chi connectivity index (χ2n) is 21.1. The number of aromatic hydroxyl groups is 1. The summed E-state index contributed by atoms with van der Waals surface area (Å²) in [6, 6.07) is 17.5. The molecule has 5 aromatic rings. The number of nitrogens with one attached hydrogen (secondary N) is 4. The van der Waals surface area contributed by atoms with E-state index in [4.69, 9.17) is 9.26 Å². The summed E-state index contributed by atoms with van der Waals surface area (Å²) in [6.45, 7) is 8.29. The molecule has 6 N–H and O–H groups in total. The number of thiazole rings is 1. The lowest BCUT2D eigenvalue weighted by Gasteiger charge is -2.35. The van der Waals surface area contributed by atoms with Crippen molar-refractivity contribution in [2.45, 2.75) is 136 Å². The molecule has 1 aliphatic heterocycles. The number of phenolic OH excluding ortho intramolecular Hbond substituents is 1. The molecule has 1 aliphatic carbocycles. The van der Waals surface area contributed by atoms with Crippen LogP contribution in [0.3, 0.4) is 0 Å². The second kappa shape index (κ2) is 26.1. The van der Waals surface area contributed by atoms with Gasteiger partial charge in [-0.1, -0.05) is 101 Å². The van der Waals surface area contributed by atoms with Crippen molar-refractivity contribution in [2.24, 2.45) is 5.41 Å². The number of aromatic nitrogens is 2. The number of phenols is 1. The molecule has 76 heavy (non-hydrogen) atoms. The lowest BCUT2D eigenvalue weighted by Crippen LogP contribution is -2.57. The van der Waals surface area contributed by atoms with Gasteiger partial charge in [0.05, 0.1) is 33.8 Å². The maximum atomic E-state index is 14.0. The van der Waals surface area contributed by atoms with Crippen molar-refractivity contribution in [2.75, 3.05) is 33.8 Å². The van der Waals surface area contributed by atoms with E-state index in [2.05, 4.69) is 31.4 Å². The van der Waals surface area contributed by atoms with Gasteiger partial charge in [-0.15, -0.1) is 11.3 Å². The average molecular weight is 1060 g/mol. The monoisotopic (exact) mass is 1060 g/mol. The molecule has 0 radical (unpaired) electrons. The molecular weight excluding hydrogens is 989 g/mol. The zero-order valence-electron chi connectivity index (χ0n) is 44.4. The van der Waals surface area contributed by atoms with E-state index in [-0.39, 0.29) is 90.9 Å². The van der Waals surface area contributed by atoms with E-state index < -0.39 is 29.5 Å². The van der Waals surface area contributed by atoms with E-state index in [0.717, 1.165) is 84.2 Å². The molecule has 18 nitrogen and oxygen atoms in total. The zero-order chi connectivity index (χ0) is 54.5. The number of aryl methyl sites for hydroxylation is 2. The highest BCUT2D eigenvalue weighted by Gasteiger charge is 2.44. The Labute approximate surface area is 448 Å². The smallest absolute Gasteiger partial charge is 0.273 e. The zero-order valence-corrected chi connectivity index (χ0v) is 45.2. The van der Waals surface area contributed by atoms with Gasteiger partial charge in [0.15, 0.2) is 18.1 Å². The Hall–Kier alpha value is -7.12. The van der Waals surface area contributed by atoms with Crippen LogP contribution in [0.2, 0.25) is 0 Å². The van der Waals surface area contributed by atoms with Crippen molar-refractivity contribution >= 4 is 46.8 Å². The van der Waals surface area contributed by atoms with Crippen molar-refractivity contribution in [1.82, 2.24) is 41.2 Å². The summed E-state index contributed by atoms with van der Waals surface area (Å²) >= 11 is 1.58. The lowest BCUT2D eigenvalue weighted by atomic mass is 9.85. The number of carbonyl (C=O) groups excluding carboxylic acids is 6. The number of ether oxygens (including phenoxy) is 1. The van der Waals surface area contributed by atoms with Crippen LogP contribution in [-0.2, 0) is 32.1 Å². The summed E-state index contributed by atoms with van der Waals surface area (Å²) in [4.78, 5) is 87.0.